The predicted octanol–water partition coefficient (Wildman–Crippen LogP) is 1.81. The van der Waals surface area contributed by atoms with Crippen LogP contribution in [0.1, 0.15) is 42.2 Å². The average molecular weight is 286 g/mol. The van der Waals surface area contributed by atoms with E-state index < -0.39 is 0 Å². The Hall–Kier alpha value is -1.93. The molecule has 5 nitrogen and oxygen atoms in total. The third kappa shape index (κ3) is 4.27. The summed E-state index contributed by atoms with van der Waals surface area (Å²) in [6, 6.07) is 5.31. The van der Waals surface area contributed by atoms with Crippen LogP contribution in [0, 0.1) is 17.2 Å². The van der Waals surface area contributed by atoms with E-state index in [0.29, 0.717) is 17.2 Å². The fraction of sp³-hybridized carbons (Fsp3) is 0.562. The zero-order chi connectivity index (χ0) is 15.1. The highest BCUT2D eigenvalue weighted by Crippen LogP contribution is 2.15. The maximum Gasteiger partial charge on any atom is 0.272 e. The molecule has 1 saturated heterocycles. The first-order valence-electron chi connectivity index (χ1n) is 7.60. The highest BCUT2D eigenvalue weighted by molar-refractivity contribution is 5.92. The minimum absolute atomic E-state index is 0.0279. The van der Waals surface area contributed by atoms with E-state index in [0.717, 1.165) is 45.4 Å². The number of pyridine rings is 1. The molecule has 1 aromatic rings. The van der Waals surface area contributed by atoms with Crippen molar-refractivity contribution in [3.63, 3.8) is 0 Å². The molecular weight excluding hydrogens is 264 g/mol. The Morgan fingerprint density at radius 3 is 2.81 bits per heavy atom. The lowest BCUT2D eigenvalue weighted by Crippen LogP contribution is -2.40. The molecule has 0 aliphatic carbocycles. The number of piperidine rings is 1. The number of nitrogens with one attached hydrogen (secondary N) is 1. The van der Waals surface area contributed by atoms with Crippen molar-refractivity contribution in [2.75, 3.05) is 26.2 Å². The van der Waals surface area contributed by atoms with Crippen molar-refractivity contribution in [2.45, 2.75) is 26.2 Å². The first kappa shape index (κ1) is 15.5. The molecule has 0 atom stereocenters. The molecule has 1 fully saturated rings. The van der Waals surface area contributed by atoms with E-state index >= 15 is 0 Å². The Balaban J connectivity index is 2.04. The molecule has 5 heteroatoms. The number of amides is 1. The summed E-state index contributed by atoms with van der Waals surface area (Å²) in [5.41, 5.74) is 0.906. The van der Waals surface area contributed by atoms with E-state index in [1.54, 1.807) is 12.1 Å². The number of nitriles is 1. The van der Waals surface area contributed by atoms with Gasteiger partial charge in [-0.25, -0.2) is 4.98 Å². The van der Waals surface area contributed by atoms with Gasteiger partial charge in [-0.1, -0.05) is 6.92 Å². The van der Waals surface area contributed by atoms with Gasteiger partial charge in [0.25, 0.3) is 5.91 Å². The largest absolute Gasteiger partial charge is 0.337 e. The summed E-state index contributed by atoms with van der Waals surface area (Å²) in [6.45, 7) is 5.71. The molecular formula is C16H22N4O. The molecule has 0 spiro atoms. The fourth-order valence-electron chi connectivity index (χ4n) is 2.67. The van der Waals surface area contributed by atoms with Crippen LogP contribution in [0.5, 0.6) is 0 Å². The Bertz CT molecular complexity index is 500. The molecule has 0 aromatic carbocycles. The van der Waals surface area contributed by atoms with Crippen molar-refractivity contribution in [3.8, 4) is 6.07 Å². The van der Waals surface area contributed by atoms with Gasteiger partial charge in [-0.2, -0.15) is 5.26 Å². The summed E-state index contributed by atoms with van der Waals surface area (Å²) in [5, 5.41) is 12.1. The second-order valence-corrected chi connectivity index (χ2v) is 5.49. The van der Waals surface area contributed by atoms with E-state index in [1.165, 1.54) is 6.20 Å². The van der Waals surface area contributed by atoms with Crippen molar-refractivity contribution in [1.82, 2.24) is 15.2 Å². The number of rotatable bonds is 5. The standard InChI is InChI=1S/C16H22N4O/c1-2-9-20(12-13-5-7-18-8-6-13)16(21)15-4-3-14(10-17)11-19-15/h3-4,11,13,18H,2,5-9,12H2,1H3. The number of hydrogen-bond donors (Lipinski definition) is 1. The van der Waals surface area contributed by atoms with E-state index in [9.17, 15) is 4.79 Å². The van der Waals surface area contributed by atoms with Crippen LogP contribution in [0.4, 0.5) is 0 Å². The Labute approximate surface area is 126 Å². The maximum atomic E-state index is 12.6. The lowest BCUT2D eigenvalue weighted by Gasteiger charge is -2.29. The van der Waals surface area contributed by atoms with Gasteiger partial charge in [0.05, 0.1) is 5.56 Å². The van der Waals surface area contributed by atoms with Gasteiger partial charge in [0.1, 0.15) is 11.8 Å². The molecule has 2 rings (SSSR count). The van der Waals surface area contributed by atoms with Crippen LogP contribution >= 0.6 is 0 Å². The monoisotopic (exact) mass is 286 g/mol. The van der Waals surface area contributed by atoms with Gasteiger partial charge in [0.2, 0.25) is 0 Å². The van der Waals surface area contributed by atoms with Crippen LogP contribution < -0.4 is 5.32 Å². The number of aromatic nitrogens is 1. The van der Waals surface area contributed by atoms with Gasteiger partial charge >= 0.3 is 0 Å². The first-order valence-corrected chi connectivity index (χ1v) is 7.60. The molecule has 0 bridgehead atoms. The highest BCUT2D eigenvalue weighted by atomic mass is 16.2. The van der Waals surface area contributed by atoms with E-state index in [2.05, 4.69) is 17.2 Å². The van der Waals surface area contributed by atoms with Crippen LogP contribution in [-0.4, -0.2) is 42.0 Å². The number of hydrogen-bond acceptors (Lipinski definition) is 4. The average Bonchev–Trinajstić information content (AvgIpc) is 2.55. The van der Waals surface area contributed by atoms with Crippen LogP contribution in [-0.2, 0) is 0 Å². The van der Waals surface area contributed by atoms with Gasteiger partial charge in [0, 0.05) is 19.3 Å². The van der Waals surface area contributed by atoms with Crippen molar-refractivity contribution < 1.29 is 4.79 Å². The molecule has 1 N–H and O–H groups in total. The molecule has 0 radical (unpaired) electrons. The van der Waals surface area contributed by atoms with Gasteiger partial charge < -0.3 is 10.2 Å². The van der Waals surface area contributed by atoms with Crippen molar-refractivity contribution in [2.24, 2.45) is 5.92 Å². The summed E-state index contributed by atoms with van der Waals surface area (Å²) in [5.74, 6) is 0.542. The second kappa shape index (κ2) is 7.75. The Morgan fingerprint density at radius 2 is 2.24 bits per heavy atom. The van der Waals surface area contributed by atoms with Crippen molar-refractivity contribution in [1.29, 1.82) is 5.26 Å². The zero-order valence-electron chi connectivity index (χ0n) is 12.5. The number of nitrogens with zero attached hydrogens (tertiary/aromatic N) is 3. The molecule has 1 amide bonds. The molecule has 21 heavy (non-hydrogen) atoms. The van der Waals surface area contributed by atoms with Gasteiger partial charge in [-0.05, 0) is 50.4 Å². The normalized spacial score (nSPS) is 15.4. The molecule has 0 unspecified atom stereocenters. The second-order valence-electron chi connectivity index (χ2n) is 5.49. The Morgan fingerprint density at radius 1 is 1.48 bits per heavy atom. The van der Waals surface area contributed by atoms with Crippen LogP contribution in [0.25, 0.3) is 0 Å². The van der Waals surface area contributed by atoms with Gasteiger partial charge in [0.15, 0.2) is 0 Å². The van der Waals surface area contributed by atoms with Gasteiger partial charge in [-0.15, -0.1) is 0 Å². The topological polar surface area (TPSA) is 69.0 Å². The summed E-state index contributed by atoms with van der Waals surface area (Å²) in [4.78, 5) is 18.6. The van der Waals surface area contributed by atoms with E-state index in [4.69, 9.17) is 5.26 Å². The Kier molecular flexibility index (Phi) is 5.70. The van der Waals surface area contributed by atoms with E-state index in [-0.39, 0.29) is 5.91 Å². The zero-order valence-corrected chi connectivity index (χ0v) is 12.5. The lowest BCUT2D eigenvalue weighted by atomic mass is 9.97. The van der Waals surface area contributed by atoms with Crippen LogP contribution in [0.3, 0.4) is 0 Å². The smallest absolute Gasteiger partial charge is 0.272 e. The SMILES string of the molecule is CCCN(CC1CCNCC1)C(=O)c1ccc(C#N)cn1. The first-order chi connectivity index (χ1) is 10.2. The maximum absolute atomic E-state index is 12.6. The van der Waals surface area contributed by atoms with Gasteiger partial charge in [-0.3, -0.25) is 4.79 Å². The van der Waals surface area contributed by atoms with Crippen molar-refractivity contribution >= 4 is 5.91 Å². The minimum atomic E-state index is -0.0279. The molecule has 2 heterocycles. The summed E-state index contributed by atoms with van der Waals surface area (Å²) in [7, 11) is 0. The summed E-state index contributed by atoms with van der Waals surface area (Å²) < 4.78 is 0. The lowest BCUT2D eigenvalue weighted by molar-refractivity contribution is 0.0710. The van der Waals surface area contributed by atoms with Crippen molar-refractivity contribution in [3.05, 3.63) is 29.6 Å². The van der Waals surface area contributed by atoms with Crippen LogP contribution in [0.2, 0.25) is 0 Å². The van der Waals surface area contributed by atoms with Crippen LogP contribution in [0.15, 0.2) is 18.3 Å². The molecule has 112 valence electrons. The number of carbonyl (C=O) groups excluding carboxylic acids is 1. The predicted molar refractivity (Wildman–Crippen MR) is 80.7 cm³/mol. The highest BCUT2D eigenvalue weighted by Gasteiger charge is 2.21. The molecule has 1 aliphatic heterocycles. The fourth-order valence-corrected chi connectivity index (χ4v) is 2.67. The summed E-state index contributed by atoms with van der Waals surface area (Å²) in [6.07, 6.45) is 4.64. The number of carbonyl (C=O) groups is 1. The molecule has 1 aliphatic rings. The van der Waals surface area contributed by atoms with E-state index in [1.807, 2.05) is 11.0 Å². The third-order valence-corrected chi connectivity index (χ3v) is 3.83. The molecule has 1 aromatic heterocycles. The molecule has 0 saturated carbocycles. The quantitative estimate of drug-likeness (QED) is 0.896. The third-order valence-electron chi connectivity index (χ3n) is 3.83. The minimum Gasteiger partial charge on any atom is -0.337 e. The summed E-state index contributed by atoms with van der Waals surface area (Å²) >= 11 is 0.